The van der Waals surface area contributed by atoms with Crippen LogP contribution >= 0.6 is 0 Å². The van der Waals surface area contributed by atoms with E-state index in [0.717, 1.165) is 6.42 Å². The van der Waals surface area contributed by atoms with Crippen LogP contribution in [-0.4, -0.2) is 72.0 Å². The molecule has 6 fully saturated rings. The third kappa shape index (κ3) is 2.38. The van der Waals surface area contributed by atoms with Gasteiger partial charge >= 0.3 is 5.97 Å². The smallest absolute Gasteiger partial charge is 0.302 e. The number of carbonyl (C=O) groups is 2. The van der Waals surface area contributed by atoms with Gasteiger partial charge in [-0.1, -0.05) is 6.92 Å². The molecule has 8 heteroatoms. The summed E-state index contributed by atoms with van der Waals surface area (Å²) in [7, 11) is 1.57. The van der Waals surface area contributed by atoms with Crippen molar-refractivity contribution in [3.8, 4) is 0 Å². The number of aliphatic hydroxyl groups excluding tert-OH is 2. The lowest BCUT2D eigenvalue weighted by Crippen LogP contribution is -2.84. The second-order valence-corrected chi connectivity index (χ2v) is 11.0. The maximum Gasteiger partial charge on any atom is 0.302 e. The van der Waals surface area contributed by atoms with Crippen LogP contribution in [0.25, 0.3) is 0 Å². The first-order chi connectivity index (χ1) is 14.6. The van der Waals surface area contributed by atoms with E-state index in [1.807, 2.05) is 6.92 Å². The van der Waals surface area contributed by atoms with Gasteiger partial charge in [-0.3, -0.25) is 9.59 Å². The van der Waals surface area contributed by atoms with Crippen LogP contribution in [0.15, 0.2) is 0 Å². The maximum atomic E-state index is 13.8. The summed E-state index contributed by atoms with van der Waals surface area (Å²) < 4.78 is 16.7. The number of ether oxygens (including phenoxy) is 3. The summed E-state index contributed by atoms with van der Waals surface area (Å²) in [5.74, 6) is -3.63. The number of Topliss-reactive ketones (excluding diaryl/α,β-unsaturated/α-hetero) is 1. The monoisotopic (exact) mass is 438 g/mol. The van der Waals surface area contributed by atoms with Gasteiger partial charge in [0.1, 0.15) is 11.9 Å². The van der Waals surface area contributed by atoms with E-state index in [1.54, 1.807) is 7.11 Å². The first-order valence-electron chi connectivity index (χ1n) is 11.5. The molecule has 4 saturated carbocycles. The second kappa shape index (κ2) is 6.73. The highest BCUT2D eigenvalue weighted by atomic mass is 16.6. The molecule has 0 aromatic heterocycles. The molecule has 0 amide bonds. The molecular formula is C23H34O8. The number of hydrogen-bond acceptors (Lipinski definition) is 8. The lowest BCUT2D eigenvalue weighted by Gasteiger charge is -2.74. The maximum absolute atomic E-state index is 13.8. The molecule has 2 spiro atoms. The molecule has 4 aliphatic carbocycles. The lowest BCUT2D eigenvalue weighted by atomic mass is 9.36. The van der Waals surface area contributed by atoms with Crippen molar-refractivity contribution in [3.05, 3.63) is 0 Å². The third-order valence-corrected chi connectivity index (χ3v) is 9.79. The van der Waals surface area contributed by atoms with Crippen molar-refractivity contribution in [1.82, 2.24) is 0 Å². The standard InChI is InChI=1S/C23H34O8/c1-12(24)30-10-20(2)7-6-16(25)21-11-31-23(28,19(27)17(20)21)22-8-13(4-5-15(21)22)14(9-29-3)18(22)26/h13-17,19,25,27-28H,4-11H2,1-3H3/t13-,14-,15-,16-,17-,19+,20+,21-,22+,23-/m1/s1. The topological polar surface area (TPSA) is 123 Å². The molecule has 0 aromatic carbocycles. The molecule has 0 unspecified atom stereocenters. The number of hydrogen-bond donors (Lipinski definition) is 3. The van der Waals surface area contributed by atoms with Gasteiger partial charge in [0.05, 0.1) is 31.3 Å². The molecule has 6 aliphatic rings. The summed E-state index contributed by atoms with van der Waals surface area (Å²) in [4.78, 5) is 25.4. The minimum Gasteiger partial charge on any atom is -0.465 e. The Hall–Kier alpha value is -1.06. The zero-order chi connectivity index (χ0) is 22.4. The van der Waals surface area contributed by atoms with Gasteiger partial charge < -0.3 is 29.5 Å². The van der Waals surface area contributed by atoms with E-state index in [2.05, 4.69) is 0 Å². The summed E-state index contributed by atoms with van der Waals surface area (Å²) in [6, 6.07) is 0. The van der Waals surface area contributed by atoms with Crippen LogP contribution < -0.4 is 0 Å². The van der Waals surface area contributed by atoms with Crippen LogP contribution in [0.1, 0.15) is 46.0 Å². The number of fused-ring (bicyclic) bond motifs is 2. The van der Waals surface area contributed by atoms with Crippen LogP contribution in [-0.2, 0) is 23.8 Å². The minimum absolute atomic E-state index is 0.0749. The normalized spacial score (nSPS) is 55.0. The number of methoxy groups -OCH3 is 1. The minimum atomic E-state index is -2.02. The molecule has 31 heavy (non-hydrogen) atoms. The Morgan fingerprint density at radius 1 is 1.26 bits per heavy atom. The summed E-state index contributed by atoms with van der Waals surface area (Å²) in [6.07, 6.45) is 0.830. The highest BCUT2D eigenvalue weighted by Gasteiger charge is 2.85. The molecule has 6 rings (SSSR count). The Morgan fingerprint density at radius 2 is 2.00 bits per heavy atom. The Bertz CT molecular complexity index is 800. The van der Waals surface area contributed by atoms with Crippen LogP contribution in [0.4, 0.5) is 0 Å². The number of carbonyl (C=O) groups excluding carboxylic acids is 2. The summed E-state index contributed by atoms with van der Waals surface area (Å²) in [6.45, 7) is 3.76. The van der Waals surface area contributed by atoms with E-state index in [0.29, 0.717) is 25.7 Å². The van der Waals surface area contributed by atoms with Crippen molar-refractivity contribution in [2.75, 3.05) is 26.9 Å². The van der Waals surface area contributed by atoms with Gasteiger partial charge in [-0.2, -0.15) is 0 Å². The van der Waals surface area contributed by atoms with E-state index in [-0.39, 0.29) is 43.4 Å². The van der Waals surface area contributed by atoms with Crippen molar-refractivity contribution >= 4 is 11.8 Å². The van der Waals surface area contributed by atoms with Gasteiger partial charge in [-0.05, 0) is 43.9 Å². The fraction of sp³-hybridized carbons (Fsp3) is 0.913. The lowest BCUT2D eigenvalue weighted by molar-refractivity contribution is -0.450. The largest absolute Gasteiger partial charge is 0.465 e. The Labute approximate surface area is 182 Å². The van der Waals surface area contributed by atoms with Crippen molar-refractivity contribution < 1.29 is 39.1 Å². The van der Waals surface area contributed by atoms with Crippen molar-refractivity contribution in [2.24, 2.45) is 39.9 Å². The quantitative estimate of drug-likeness (QED) is 0.547. The van der Waals surface area contributed by atoms with Crippen molar-refractivity contribution in [1.29, 1.82) is 0 Å². The number of esters is 1. The fourth-order valence-electron chi connectivity index (χ4n) is 8.66. The molecule has 2 aliphatic heterocycles. The molecule has 174 valence electrons. The molecule has 10 atom stereocenters. The Kier molecular flexibility index (Phi) is 4.73. The zero-order valence-electron chi connectivity index (χ0n) is 18.5. The van der Waals surface area contributed by atoms with Gasteiger partial charge in [0.25, 0.3) is 0 Å². The number of rotatable bonds is 4. The van der Waals surface area contributed by atoms with E-state index >= 15 is 0 Å². The molecule has 2 heterocycles. The first-order valence-corrected chi connectivity index (χ1v) is 11.5. The molecule has 2 saturated heterocycles. The highest BCUT2D eigenvalue weighted by Crippen LogP contribution is 2.76. The van der Waals surface area contributed by atoms with E-state index in [9.17, 15) is 24.9 Å². The molecule has 0 radical (unpaired) electrons. The van der Waals surface area contributed by atoms with E-state index in [1.165, 1.54) is 6.92 Å². The van der Waals surface area contributed by atoms with Crippen molar-refractivity contribution in [3.63, 3.8) is 0 Å². The predicted octanol–water partition coefficient (Wildman–Crippen LogP) is 0.654. The average Bonchev–Trinajstić information content (AvgIpc) is 2.93. The summed E-state index contributed by atoms with van der Waals surface area (Å²) >= 11 is 0. The summed E-state index contributed by atoms with van der Waals surface area (Å²) in [5, 5.41) is 35.0. The molecular weight excluding hydrogens is 404 g/mol. The second-order valence-electron chi connectivity index (χ2n) is 11.0. The number of aliphatic hydroxyl groups is 3. The number of ketones is 1. The van der Waals surface area contributed by atoms with Gasteiger partial charge in [0.15, 0.2) is 0 Å². The zero-order valence-corrected chi connectivity index (χ0v) is 18.5. The molecule has 4 bridgehead atoms. The SMILES string of the molecule is COC[C@H]1C(=O)[C@]23C[C@H]1CC[C@@H]2[C@@]12CO[C@]3(O)[C@@H](O)[C@@H]1[C@](C)(COC(C)=O)CC[C@H]2O. The third-order valence-electron chi connectivity index (χ3n) is 9.79. The van der Waals surface area contributed by atoms with E-state index < -0.39 is 46.1 Å². The summed E-state index contributed by atoms with van der Waals surface area (Å²) in [5.41, 5.74) is -2.76. The van der Waals surface area contributed by atoms with Crippen LogP contribution in [0, 0.1) is 39.9 Å². The highest BCUT2D eigenvalue weighted by molar-refractivity contribution is 5.92. The van der Waals surface area contributed by atoms with Gasteiger partial charge in [-0.25, -0.2) is 0 Å². The van der Waals surface area contributed by atoms with Gasteiger partial charge in [0, 0.05) is 36.7 Å². The molecule has 3 N–H and O–H groups in total. The fourth-order valence-corrected chi connectivity index (χ4v) is 8.66. The van der Waals surface area contributed by atoms with Gasteiger partial charge in [0.2, 0.25) is 5.79 Å². The Balaban J connectivity index is 1.65. The van der Waals surface area contributed by atoms with Crippen LogP contribution in [0.5, 0.6) is 0 Å². The van der Waals surface area contributed by atoms with Crippen LogP contribution in [0.2, 0.25) is 0 Å². The predicted molar refractivity (Wildman–Crippen MR) is 106 cm³/mol. The van der Waals surface area contributed by atoms with Gasteiger partial charge in [-0.15, -0.1) is 0 Å². The van der Waals surface area contributed by atoms with E-state index in [4.69, 9.17) is 14.2 Å². The molecule has 8 nitrogen and oxygen atoms in total. The first kappa shape index (κ1) is 21.8. The molecule has 0 aromatic rings. The van der Waals surface area contributed by atoms with Crippen LogP contribution in [0.3, 0.4) is 0 Å². The average molecular weight is 439 g/mol. The Morgan fingerprint density at radius 3 is 2.68 bits per heavy atom. The van der Waals surface area contributed by atoms with Crippen molar-refractivity contribution in [2.45, 2.75) is 63.9 Å².